The van der Waals surface area contributed by atoms with E-state index < -0.39 is 0 Å². The van der Waals surface area contributed by atoms with E-state index in [0.717, 1.165) is 89.2 Å². The van der Waals surface area contributed by atoms with Crippen molar-refractivity contribution >= 4 is 41.2 Å². The summed E-state index contributed by atoms with van der Waals surface area (Å²) in [4.78, 5) is 15.6. The molecule has 1 N–H and O–H groups in total. The Hall–Kier alpha value is -7.54. The fourth-order valence-electron chi connectivity index (χ4n) is 7.81. The second kappa shape index (κ2) is 15.4. The maximum atomic E-state index is 8.64. The Morgan fingerprint density at radius 3 is 1.53 bits per heavy atom. The van der Waals surface area contributed by atoms with Crippen molar-refractivity contribution in [1.29, 1.82) is 5.41 Å². The molecule has 0 bridgehead atoms. The molecular weight excluding hydrogens is 739 g/mol. The van der Waals surface area contributed by atoms with Crippen LogP contribution in [0.2, 0.25) is 0 Å². The molecule has 2 aromatic heterocycles. The molecule has 0 spiro atoms. The zero-order chi connectivity index (χ0) is 39.7. The number of hydrogen-bond donors (Lipinski definition) is 2. The summed E-state index contributed by atoms with van der Waals surface area (Å²) in [6.07, 6.45) is 3.73. The summed E-state index contributed by atoms with van der Waals surface area (Å²) in [5, 5.41) is 9.56. The smallest absolute Gasteiger partial charge is 0.160 e. The highest BCUT2D eigenvalue weighted by atomic mass is 32.1. The van der Waals surface area contributed by atoms with E-state index in [4.69, 9.17) is 20.4 Å². The number of nitrogens with zero attached hydrogens (tertiary/aromatic N) is 4. The van der Waals surface area contributed by atoms with Gasteiger partial charge < -0.3 is 0 Å². The Morgan fingerprint density at radius 1 is 0.407 bits per heavy atom. The minimum atomic E-state index is 0.318. The van der Waals surface area contributed by atoms with E-state index in [2.05, 4.69) is 175 Å². The minimum Gasteiger partial charge on any atom is -0.299 e. The number of hydrogen-bond acceptors (Lipinski definition) is 6. The predicted octanol–water partition coefficient (Wildman–Crippen LogP) is 13.4. The normalized spacial score (nSPS) is 12.8. The fraction of sp³-hybridized carbons (Fsp3) is 0. The van der Waals surface area contributed by atoms with Crippen LogP contribution in [0.4, 0.5) is 0 Å². The standard InChI is InChI=1S/C53H35N5S/c54-46-30-29-45-50(52(46)58-59)44-28-27-42(32-49(44)55-51(45)39-15-8-3-9-16-39)41-17-10-18-43(31-41)48-33-47(38-23-19-36(20-24-38)34-11-4-1-5-12-34)56-53(57-48)40-25-21-37(22-26-40)35-13-6-2-7-14-35/h1-33,54,59H. The van der Waals surface area contributed by atoms with E-state index in [1.807, 2.05) is 36.4 Å². The summed E-state index contributed by atoms with van der Waals surface area (Å²) >= 11 is 4.30. The molecule has 0 atom stereocenters. The highest BCUT2D eigenvalue weighted by molar-refractivity contribution is 7.79. The summed E-state index contributed by atoms with van der Waals surface area (Å²) in [5.41, 5.74) is 16.6. The summed E-state index contributed by atoms with van der Waals surface area (Å²) in [6.45, 7) is 0. The number of benzene rings is 7. The van der Waals surface area contributed by atoms with E-state index in [0.29, 0.717) is 17.2 Å². The molecule has 0 saturated heterocycles. The van der Waals surface area contributed by atoms with E-state index in [-0.39, 0.29) is 0 Å². The highest BCUT2D eigenvalue weighted by Crippen LogP contribution is 2.37. The molecule has 9 aromatic rings. The van der Waals surface area contributed by atoms with Crippen molar-refractivity contribution in [3.05, 3.63) is 205 Å². The molecule has 0 fully saturated rings. The van der Waals surface area contributed by atoms with Crippen molar-refractivity contribution in [2.45, 2.75) is 0 Å². The van der Waals surface area contributed by atoms with Crippen LogP contribution in [0.15, 0.2) is 199 Å². The van der Waals surface area contributed by atoms with Crippen molar-refractivity contribution in [3.63, 3.8) is 0 Å². The van der Waals surface area contributed by atoms with Crippen LogP contribution in [0.5, 0.6) is 0 Å². The van der Waals surface area contributed by atoms with Gasteiger partial charge in [0.1, 0.15) is 5.71 Å². The average molecular weight is 774 g/mol. The van der Waals surface area contributed by atoms with Gasteiger partial charge in [-0.25, -0.2) is 19.3 Å². The summed E-state index contributed by atoms with van der Waals surface area (Å²) in [7, 11) is 0. The molecule has 7 aromatic carbocycles. The van der Waals surface area contributed by atoms with Gasteiger partial charge in [0, 0.05) is 38.8 Å². The maximum Gasteiger partial charge on any atom is 0.160 e. The van der Waals surface area contributed by atoms with Gasteiger partial charge in [-0.2, -0.15) is 0 Å². The first kappa shape index (κ1) is 35.8. The second-order valence-corrected chi connectivity index (χ2v) is 14.7. The lowest BCUT2D eigenvalue weighted by molar-refractivity contribution is 1.18. The van der Waals surface area contributed by atoms with Gasteiger partial charge in [-0.15, -0.1) is 0 Å². The molecular formula is C53H35N5S. The maximum absolute atomic E-state index is 8.64. The zero-order valence-electron chi connectivity index (χ0n) is 31.8. The van der Waals surface area contributed by atoms with E-state index in [1.54, 1.807) is 6.08 Å². The molecule has 59 heavy (non-hydrogen) atoms. The largest absolute Gasteiger partial charge is 0.299 e. The summed E-state index contributed by atoms with van der Waals surface area (Å²) in [6, 6.07) is 64.9. The van der Waals surface area contributed by atoms with Gasteiger partial charge in [-0.3, -0.25) is 5.41 Å². The van der Waals surface area contributed by atoms with Crippen molar-refractivity contribution in [2.24, 2.45) is 4.40 Å². The molecule has 10 rings (SSSR count). The Morgan fingerprint density at radius 2 is 0.898 bits per heavy atom. The van der Waals surface area contributed by atoms with Crippen LogP contribution in [-0.2, 0) is 0 Å². The van der Waals surface area contributed by atoms with E-state index in [1.165, 1.54) is 5.56 Å². The molecule has 0 radical (unpaired) electrons. The van der Waals surface area contributed by atoms with Crippen LogP contribution in [0.1, 0.15) is 11.1 Å². The van der Waals surface area contributed by atoms with Gasteiger partial charge >= 0.3 is 0 Å². The van der Waals surface area contributed by atoms with Gasteiger partial charge in [0.15, 0.2) is 5.82 Å². The van der Waals surface area contributed by atoms with Crippen LogP contribution in [0.3, 0.4) is 0 Å². The number of fused-ring (bicyclic) bond motifs is 3. The third-order valence-corrected chi connectivity index (χ3v) is 11.0. The molecule has 1 aliphatic rings. The monoisotopic (exact) mass is 773 g/mol. The highest BCUT2D eigenvalue weighted by Gasteiger charge is 2.24. The molecule has 278 valence electrons. The molecule has 0 amide bonds. The van der Waals surface area contributed by atoms with Crippen LogP contribution in [0.25, 0.3) is 95.5 Å². The van der Waals surface area contributed by atoms with Crippen molar-refractivity contribution in [2.75, 3.05) is 0 Å². The lowest BCUT2D eigenvalue weighted by Crippen LogP contribution is -2.18. The molecule has 0 saturated carbocycles. The Balaban J connectivity index is 1.08. The van der Waals surface area contributed by atoms with Gasteiger partial charge in [-0.1, -0.05) is 170 Å². The topological polar surface area (TPSA) is 74.9 Å². The Bertz CT molecular complexity index is 2980. The number of nitrogens with one attached hydrogen (secondary N) is 1. The predicted molar refractivity (Wildman–Crippen MR) is 248 cm³/mol. The van der Waals surface area contributed by atoms with Crippen molar-refractivity contribution in [3.8, 4) is 78.5 Å². The van der Waals surface area contributed by atoms with Gasteiger partial charge in [0.05, 0.1) is 28.3 Å². The zero-order valence-corrected chi connectivity index (χ0v) is 32.7. The quantitative estimate of drug-likeness (QED) is 0.158. The number of aromatic nitrogens is 3. The first-order valence-electron chi connectivity index (χ1n) is 19.4. The number of thiol groups is 1. The summed E-state index contributed by atoms with van der Waals surface area (Å²) in [5.74, 6) is 0.657. The van der Waals surface area contributed by atoms with Crippen molar-refractivity contribution < 1.29 is 0 Å². The molecule has 1 aliphatic carbocycles. The van der Waals surface area contributed by atoms with E-state index >= 15 is 0 Å². The van der Waals surface area contributed by atoms with Gasteiger partial charge in [-0.05, 0) is 76.5 Å². The first-order valence-corrected chi connectivity index (χ1v) is 19.8. The van der Waals surface area contributed by atoms with Crippen LogP contribution >= 0.6 is 12.8 Å². The molecule has 0 aliphatic heterocycles. The van der Waals surface area contributed by atoms with Gasteiger partial charge in [0.2, 0.25) is 0 Å². The minimum absolute atomic E-state index is 0.318. The molecule has 0 unspecified atom stereocenters. The number of allylic oxidation sites excluding steroid dienone is 1. The Kier molecular flexibility index (Phi) is 9.37. The average Bonchev–Trinajstić information content (AvgIpc) is 3.32. The van der Waals surface area contributed by atoms with E-state index in [9.17, 15) is 0 Å². The summed E-state index contributed by atoms with van der Waals surface area (Å²) < 4.78 is 4.27. The lowest BCUT2D eigenvalue weighted by atomic mass is 9.87. The van der Waals surface area contributed by atoms with Crippen molar-refractivity contribution in [1.82, 2.24) is 15.0 Å². The third kappa shape index (κ3) is 6.96. The third-order valence-electron chi connectivity index (χ3n) is 10.8. The molecule has 5 nitrogen and oxygen atoms in total. The van der Waals surface area contributed by atoms with Crippen LogP contribution < -0.4 is 0 Å². The fourth-order valence-corrected chi connectivity index (χ4v) is 8.02. The Labute approximate surface area is 348 Å². The number of rotatable bonds is 7. The first-order chi connectivity index (χ1) is 29.1. The van der Waals surface area contributed by atoms with Crippen LogP contribution in [0, 0.1) is 5.41 Å². The SMILES string of the molecule is N=C1C=Cc2c(-c3ccccc3)nc3cc(-c4cccc(-c5cc(-c6ccc(-c7ccccc7)cc6)nc(-c6ccc(-c7ccccc7)cc6)n5)c4)ccc3c2C1=NS. The van der Waals surface area contributed by atoms with Crippen LogP contribution in [-0.4, -0.2) is 26.4 Å². The second-order valence-electron chi connectivity index (χ2n) is 14.5. The molecule has 6 heteroatoms. The van der Waals surface area contributed by atoms with Gasteiger partial charge in [0.25, 0.3) is 0 Å². The number of pyridine rings is 1. The lowest BCUT2D eigenvalue weighted by Gasteiger charge is -2.20. The molecule has 2 heterocycles.